The standard InChI is InChI=1S/C14H8N2O8S2.C10H28N6/c17-13(18)9-5-7(1-3-11(9)15(21)22)25-26-8-2-4-12(16(23)24)10(6-8)14(19)20;11-1-3-13-5-7-15-9-10-16-8-6-14-4-2-12/h1-6H,(H,17,18)(H,19,20);13-16H,1-12H2. The minimum atomic E-state index is -1.45. The molecular weight excluding hydrogens is 592 g/mol. The van der Waals surface area contributed by atoms with Gasteiger partial charge in [0.25, 0.3) is 11.4 Å². The highest BCUT2D eigenvalue weighted by Gasteiger charge is 2.22. The number of carboxylic acids is 2. The van der Waals surface area contributed by atoms with Gasteiger partial charge >= 0.3 is 11.9 Å². The van der Waals surface area contributed by atoms with Gasteiger partial charge in [0.1, 0.15) is 11.1 Å². The first-order valence-electron chi connectivity index (χ1n) is 12.7. The molecule has 0 fully saturated rings. The smallest absolute Gasteiger partial charge is 0.342 e. The van der Waals surface area contributed by atoms with Gasteiger partial charge in [-0.25, -0.2) is 9.59 Å². The highest BCUT2D eigenvalue weighted by molar-refractivity contribution is 8.76. The van der Waals surface area contributed by atoms with E-state index in [9.17, 15) is 29.8 Å². The molecule has 2 aromatic carbocycles. The first kappa shape index (κ1) is 36.7. The summed E-state index contributed by atoms with van der Waals surface area (Å²) in [5.74, 6) is -2.90. The van der Waals surface area contributed by atoms with Gasteiger partial charge in [-0.05, 0) is 24.3 Å². The number of hydrogen-bond acceptors (Lipinski definition) is 14. The van der Waals surface area contributed by atoms with Gasteiger partial charge in [-0.3, -0.25) is 20.2 Å². The number of nitro benzene ring substituents is 2. The lowest BCUT2D eigenvalue weighted by Crippen LogP contribution is -2.36. The Bertz CT molecular complexity index is 1090. The normalized spacial score (nSPS) is 10.5. The van der Waals surface area contributed by atoms with E-state index in [1.54, 1.807) is 0 Å². The van der Waals surface area contributed by atoms with E-state index in [0.29, 0.717) is 22.9 Å². The molecule has 0 saturated heterocycles. The number of carbonyl (C=O) groups is 2. The Morgan fingerprint density at radius 2 is 0.952 bits per heavy atom. The fourth-order valence-electron chi connectivity index (χ4n) is 3.13. The molecule has 232 valence electrons. The predicted molar refractivity (Wildman–Crippen MR) is 161 cm³/mol. The SMILES string of the molecule is NCCNCCNCCNCCNCCN.O=C(O)c1cc(SSc2ccc([N+](=O)[O-])c(C(=O)O)c2)ccc1[N+](=O)[O-]. The van der Waals surface area contributed by atoms with Crippen LogP contribution in [0.25, 0.3) is 0 Å². The lowest BCUT2D eigenvalue weighted by Gasteiger charge is -2.07. The van der Waals surface area contributed by atoms with Crippen LogP contribution in [-0.4, -0.2) is 97.4 Å². The molecular formula is C24H36N8O8S2. The summed E-state index contributed by atoms with van der Waals surface area (Å²) < 4.78 is 0. The van der Waals surface area contributed by atoms with Gasteiger partial charge in [0.05, 0.1) is 9.85 Å². The van der Waals surface area contributed by atoms with Crippen LogP contribution in [0.15, 0.2) is 46.2 Å². The molecule has 10 N–H and O–H groups in total. The third kappa shape index (κ3) is 14.5. The van der Waals surface area contributed by atoms with Gasteiger partial charge in [-0.1, -0.05) is 21.6 Å². The lowest BCUT2D eigenvalue weighted by atomic mass is 10.2. The van der Waals surface area contributed by atoms with Gasteiger partial charge in [-0.15, -0.1) is 0 Å². The van der Waals surface area contributed by atoms with Crippen molar-refractivity contribution in [2.75, 3.05) is 65.4 Å². The topological polar surface area (TPSA) is 261 Å². The summed E-state index contributed by atoms with van der Waals surface area (Å²) in [6, 6.07) is 7.08. The molecule has 0 aliphatic carbocycles. The first-order chi connectivity index (χ1) is 20.1. The summed E-state index contributed by atoms with van der Waals surface area (Å²) in [6.45, 7) is 9.15. The summed E-state index contributed by atoms with van der Waals surface area (Å²) in [7, 11) is 2.06. The number of hydrogen-bond donors (Lipinski definition) is 8. The molecule has 0 spiro atoms. The minimum Gasteiger partial charge on any atom is -0.477 e. The highest BCUT2D eigenvalue weighted by Crippen LogP contribution is 2.40. The van der Waals surface area contributed by atoms with Crippen molar-refractivity contribution in [2.24, 2.45) is 11.5 Å². The van der Waals surface area contributed by atoms with Gasteiger partial charge in [0, 0.05) is 87.4 Å². The molecule has 0 aromatic heterocycles. The number of carboxylic acid groups (broad SMARTS) is 2. The van der Waals surface area contributed by atoms with Crippen molar-refractivity contribution in [1.29, 1.82) is 0 Å². The van der Waals surface area contributed by atoms with Gasteiger partial charge in [-0.2, -0.15) is 0 Å². The number of nitrogens with zero attached hydrogens (tertiary/aromatic N) is 2. The van der Waals surface area contributed by atoms with E-state index in [-0.39, 0.29) is 0 Å². The van der Waals surface area contributed by atoms with Gasteiger partial charge < -0.3 is 42.9 Å². The maximum Gasteiger partial charge on any atom is 0.342 e. The Morgan fingerprint density at radius 1 is 0.643 bits per heavy atom. The van der Waals surface area contributed by atoms with Crippen molar-refractivity contribution in [3.05, 3.63) is 67.8 Å². The van der Waals surface area contributed by atoms with Crippen molar-refractivity contribution in [3.8, 4) is 0 Å². The summed E-state index contributed by atoms with van der Waals surface area (Å²) >= 11 is 0. The number of aromatic carboxylic acids is 2. The Kier molecular flexibility index (Phi) is 18.6. The largest absolute Gasteiger partial charge is 0.477 e. The summed E-state index contributed by atoms with van der Waals surface area (Å²) in [5, 5.41) is 52.9. The number of nitrogens with one attached hydrogen (secondary N) is 4. The number of nitro groups is 2. The van der Waals surface area contributed by atoms with Crippen LogP contribution in [-0.2, 0) is 0 Å². The molecule has 2 aromatic rings. The molecule has 0 saturated carbocycles. The monoisotopic (exact) mass is 628 g/mol. The average Bonchev–Trinajstić information content (AvgIpc) is 2.96. The van der Waals surface area contributed by atoms with E-state index in [4.69, 9.17) is 21.7 Å². The zero-order chi connectivity index (χ0) is 31.3. The summed E-state index contributed by atoms with van der Waals surface area (Å²) in [5.41, 5.74) is 8.66. The molecule has 0 aliphatic heterocycles. The van der Waals surface area contributed by atoms with E-state index in [0.717, 1.165) is 98.2 Å². The molecule has 18 heteroatoms. The fourth-order valence-corrected chi connectivity index (χ4v) is 5.10. The Morgan fingerprint density at radius 3 is 1.21 bits per heavy atom. The van der Waals surface area contributed by atoms with E-state index < -0.39 is 44.3 Å². The molecule has 0 heterocycles. The van der Waals surface area contributed by atoms with Crippen molar-refractivity contribution >= 4 is 44.9 Å². The van der Waals surface area contributed by atoms with Crippen molar-refractivity contribution < 1.29 is 29.6 Å². The molecule has 2 rings (SSSR count). The number of rotatable bonds is 20. The maximum absolute atomic E-state index is 11.1. The molecule has 0 unspecified atom stereocenters. The van der Waals surface area contributed by atoms with Gasteiger partial charge in [0.2, 0.25) is 0 Å². The van der Waals surface area contributed by atoms with E-state index in [1.807, 2.05) is 0 Å². The zero-order valence-corrected chi connectivity index (χ0v) is 24.4. The van der Waals surface area contributed by atoms with Crippen LogP contribution < -0.4 is 32.7 Å². The molecule has 0 atom stereocenters. The fraction of sp³-hybridized carbons (Fsp3) is 0.417. The van der Waals surface area contributed by atoms with Crippen molar-refractivity contribution in [1.82, 2.24) is 21.3 Å². The third-order valence-electron chi connectivity index (χ3n) is 5.10. The van der Waals surface area contributed by atoms with E-state index in [1.165, 1.54) is 12.1 Å². The molecule has 0 amide bonds. The van der Waals surface area contributed by atoms with Crippen LogP contribution in [0.2, 0.25) is 0 Å². The van der Waals surface area contributed by atoms with Crippen LogP contribution in [0.3, 0.4) is 0 Å². The van der Waals surface area contributed by atoms with Crippen molar-refractivity contribution in [2.45, 2.75) is 9.79 Å². The Labute approximate surface area is 250 Å². The molecule has 16 nitrogen and oxygen atoms in total. The van der Waals surface area contributed by atoms with Crippen LogP contribution in [0, 0.1) is 20.2 Å². The minimum absolute atomic E-state index is 0.383. The van der Waals surface area contributed by atoms with E-state index >= 15 is 0 Å². The van der Waals surface area contributed by atoms with Crippen LogP contribution in [0.5, 0.6) is 0 Å². The second kappa shape index (κ2) is 21.4. The molecule has 0 radical (unpaired) electrons. The molecule has 0 aliphatic rings. The summed E-state index contributed by atoms with van der Waals surface area (Å²) in [4.78, 5) is 43.1. The number of nitrogens with two attached hydrogens (primary N) is 2. The lowest BCUT2D eigenvalue weighted by molar-refractivity contribution is -0.385. The second-order valence-corrected chi connectivity index (χ2v) is 10.5. The summed E-state index contributed by atoms with van der Waals surface area (Å²) in [6.07, 6.45) is 0. The zero-order valence-electron chi connectivity index (χ0n) is 22.7. The third-order valence-corrected chi connectivity index (χ3v) is 7.48. The van der Waals surface area contributed by atoms with Crippen LogP contribution in [0.4, 0.5) is 11.4 Å². The van der Waals surface area contributed by atoms with Crippen LogP contribution >= 0.6 is 21.6 Å². The molecule has 42 heavy (non-hydrogen) atoms. The number of benzene rings is 2. The average molecular weight is 629 g/mol. The second-order valence-electron chi connectivity index (χ2n) is 8.23. The maximum atomic E-state index is 11.1. The van der Waals surface area contributed by atoms with Crippen molar-refractivity contribution in [3.63, 3.8) is 0 Å². The van der Waals surface area contributed by atoms with E-state index in [2.05, 4.69) is 21.3 Å². The Hall–Kier alpha value is -3.36. The highest BCUT2D eigenvalue weighted by atomic mass is 33.1. The van der Waals surface area contributed by atoms with Gasteiger partial charge in [0.15, 0.2) is 0 Å². The quantitative estimate of drug-likeness (QED) is 0.0439. The molecule has 0 bridgehead atoms. The Balaban J connectivity index is 0.000000476. The predicted octanol–water partition coefficient (Wildman–Crippen LogP) is 0.961. The first-order valence-corrected chi connectivity index (χ1v) is 14.9. The van der Waals surface area contributed by atoms with Crippen LogP contribution in [0.1, 0.15) is 20.7 Å².